The van der Waals surface area contributed by atoms with E-state index in [4.69, 9.17) is 5.11 Å². The van der Waals surface area contributed by atoms with Gasteiger partial charge in [0.25, 0.3) is 0 Å². The van der Waals surface area contributed by atoms with E-state index >= 15 is 0 Å². The Bertz CT molecular complexity index is 318. The van der Waals surface area contributed by atoms with Crippen LogP contribution in [0.5, 0.6) is 0 Å². The maximum atomic E-state index is 10.7. The number of carboxylic acids is 1. The number of rotatable bonds is 2. The minimum absolute atomic E-state index is 0.222. The molecule has 0 aliphatic heterocycles. The third kappa shape index (κ3) is 1.18. The molecule has 0 saturated heterocycles. The van der Waals surface area contributed by atoms with Gasteiger partial charge in [-0.3, -0.25) is 0 Å². The van der Waals surface area contributed by atoms with Crippen molar-refractivity contribution in [2.75, 3.05) is 0 Å². The summed E-state index contributed by atoms with van der Waals surface area (Å²) in [5.74, 6) is -0.470. The molecule has 1 aliphatic rings. The first-order valence-electron chi connectivity index (χ1n) is 3.97. The number of hydrogen-bond donors (Lipinski definition) is 1. The number of aromatic carboxylic acids is 1. The lowest BCUT2D eigenvalue weighted by atomic mass is 10.1. The summed E-state index contributed by atoms with van der Waals surface area (Å²) in [6.07, 6.45) is 3.73. The fraction of sp³-hybridized carbons (Fsp3) is 0.333. The Morgan fingerprint density at radius 2 is 2.33 bits per heavy atom. The monoisotopic (exact) mass is 163 g/mol. The van der Waals surface area contributed by atoms with Gasteiger partial charge in [0.15, 0.2) is 5.69 Å². The molecule has 1 aromatic rings. The Morgan fingerprint density at radius 3 is 2.92 bits per heavy atom. The minimum atomic E-state index is -0.919. The summed E-state index contributed by atoms with van der Waals surface area (Å²) in [5.41, 5.74) is 1.12. The highest BCUT2D eigenvalue weighted by Crippen LogP contribution is 2.40. The van der Waals surface area contributed by atoms with Crippen molar-refractivity contribution < 1.29 is 9.90 Å². The Labute approximate surface area is 70.1 Å². The van der Waals surface area contributed by atoms with Crippen LogP contribution in [0.4, 0.5) is 0 Å². The Balaban J connectivity index is 2.43. The summed E-state index contributed by atoms with van der Waals surface area (Å²) < 4.78 is 0. The summed E-state index contributed by atoms with van der Waals surface area (Å²) in [4.78, 5) is 14.5. The van der Waals surface area contributed by atoms with Crippen molar-refractivity contribution >= 4 is 5.97 Å². The average Bonchev–Trinajstić information content (AvgIpc) is 2.87. The lowest BCUT2D eigenvalue weighted by Gasteiger charge is -2.00. The van der Waals surface area contributed by atoms with Crippen molar-refractivity contribution in [1.29, 1.82) is 0 Å². The van der Waals surface area contributed by atoms with E-state index in [1.165, 1.54) is 6.20 Å². The molecule has 0 spiro atoms. The largest absolute Gasteiger partial charge is 0.477 e. The fourth-order valence-electron chi connectivity index (χ4n) is 1.32. The SMILES string of the molecule is O=C(O)c1ncccc1C1CC1. The molecule has 0 atom stereocenters. The van der Waals surface area contributed by atoms with Gasteiger partial charge in [-0.15, -0.1) is 0 Å². The molecule has 0 radical (unpaired) electrons. The zero-order valence-corrected chi connectivity index (χ0v) is 6.53. The molecule has 1 saturated carbocycles. The van der Waals surface area contributed by atoms with Crippen molar-refractivity contribution in [1.82, 2.24) is 4.98 Å². The Morgan fingerprint density at radius 1 is 1.58 bits per heavy atom. The predicted octanol–water partition coefficient (Wildman–Crippen LogP) is 1.66. The van der Waals surface area contributed by atoms with E-state index in [0.717, 1.165) is 18.4 Å². The summed E-state index contributed by atoms with van der Waals surface area (Å²) >= 11 is 0. The van der Waals surface area contributed by atoms with Gasteiger partial charge < -0.3 is 5.11 Å². The molecule has 3 nitrogen and oxygen atoms in total. The molecule has 0 aromatic carbocycles. The van der Waals surface area contributed by atoms with Gasteiger partial charge >= 0.3 is 5.97 Å². The van der Waals surface area contributed by atoms with Crippen LogP contribution in [0, 0.1) is 0 Å². The first-order valence-corrected chi connectivity index (χ1v) is 3.97. The van der Waals surface area contributed by atoms with Crippen LogP contribution in [0.25, 0.3) is 0 Å². The number of hydrogen-bond acceptors (Lipinski definition) is 2. The molecule has 3 heteroatoms. The molecule has 1 heterocycles. The van der Waals surface area contributed by atoms with Crippen LogP contribution < -0.4 is 0 Å². The third-order valence-corrected chi connectivity index (χ3v) is 2.06. The summed E-state index contributed by atoms with van der Waals surface area (Å²) in [7, 11) is 0. The standard InChI is InChI=1S/C9H9NO2/c11-9(12)8-7(6-3-4-6)2-1-5-10-8/h1-2,5-6H,3-4H2,(H,11,12). The number of nitrogens with zero attached hydrogens (tertiary/aromatic N) is 1. The molecule has 0 amide bonds. The van der Waals surface area contributed by atoms with Crippen LogP contribution >= 0.6 is 0 Å². The van der Waals surface area contributed by atoms with Crippen LogP contribution in [0.2, 0.25) is 0 Å². The number of aromatic nitrogens is 1. The highest BCUT2D eigenvalue weighted by molar-refractivity contribution is 5.87. The quantitative estimate of drug-likeness (QED) is 0.721. The van der Waals surface area contributed by atoms with E-state index in [-0.39, 0.29) is 5.69 Å². The molecule has 0 unspecified atom stereocenters. The maximum absolute atomic E-state index is 10.7. The van der Waals surface area contributed by atoms with Gasteiger partial charge in [0, 0.05) is 6.20 Å². The molecule has 0 bridgehead atoms. The Hall–Kier alpha value is -1.38. The normalized spacial score (nSPS) is 16.0. The van der Waals surface area contributed by atoms with Crippen LogP contribution in [0.1, 0.15) is 34.8 Å². The predicted molar refractivity (Wildman–Crippen MR) is 43.2 cm³/mol. The van der Waals surface area contributed by atoms with Gasteiger partial charge in [-0.1, -0.05) is 6.07 Å². The molecular formula is C9H9NO2. The van der Waals surface area contributed by atoms with Crippen molar-refractivity contribution in [2.45, 2.75) is 18.8 Å². The molecule has 62 valence electrons. The average molecular weight is 163 g/mol. The summed E-state index contributed by atoms with van der Waals surface area (Å²) in [6, 6.07) is 3.65. The van der Waals surface area contributed by atoms with Crippen molar-refractivity contribution in [3.63, 3.8) is 0 Å². The number of carbonyl (C=O) groups is 1. The van der Waals surface area contributed by atoms with Gasteiger partial charge in [-0.25, -0.2) is 9.78 Å². The van der Waals surface area contributed by atoms with Gasteiger partial charge in [-0.05, 0) is 30.4 Å². The highest BCUT2D eigenvalue weighted by Gasteiger charge is 2.28. The van der Waals surface area contributed by atoms with E-state index < -0.39 is 5.97 Å². The molecule has 2 rings (SSSR count). The van der Waals surface area contributed by atoms with Gasteiger partial charge in [-0.2, -0.15) is 0 Å². The molecule has 1 aliphatic carbocycles. The summed E-state index contributed by atoms with van der Waals surface area (Å²) in [5, 5.41) is 8.78. The Kier molecular flexibility index (Phi) is 1.57. The van der Waals surface area contributed by atoms with Crippen molar-refractivity contribution in [3.05, 3.63) is 29.6 Å². The maximum Gasteiger partial charge on any atom is 0.354 e. The van der Waals surface area contributed by atoms with Crippen LogP contribution in [-0.4, -0.2) is 16.1 Å². The van der Waals surface area contributed by atoms with Crippen LogP contribution in [0.15, 0.2) is 18.3 Å². The summed E-state index contributed by atoms with van der Waals surface area (Å²) in [6.45, 7) is 0. The number of carboxylic acid groups (broad SMARTS) is 1. The first kappa shape index (κ1) is 7.28. The van der Waals surface area contributed by atoms with E-state index in [1.54, 1.807) is 6.07 Å². The third-order valence-electron chi connectivity index (χ3n) is 2.06. The molecule has 1 N–H and O–H groups in total. The zero-order valence-electron chi connectivity index (χ0n) is 6.53. The van der Waals surface area contributed by atoms with E-state index in [1.807, 2.05) is 6.07 Å². The van der Waals surface area contributed by atoms with E-state index in [9.17, 15) is 4.79 Å². The lowest BCUT2D eigenvalue weighted by Crippen LogP contribution is -2.04. The van der Waals surface area contributed by atoms with Crippen LogP contribution in [-0.2, 0) is 0 Å². The molecular weight excluding hydrogens is 154 g/mol. The van der Waals surface area contributed by atoms with Crippen molar-refractivity contribution in [2.24, 2.45) is 0 Å². The molecule has 1 aromatic heterocycles. The topological polar surface area (TPSA) is 50.2 Å². The van der Waals surface area contributed by atoms with Crippen molar-refractivity contribution in [3.8, 4) is 0 Å². The highest BCUT2D eigenvalue weighted by atomic mass is 16.4. The molecule has 1 fully saturated rings. The van der Waals surface area contributed by atoms with Crippen LogP contribution in [0.3, 0.4) is 0 Å². The van der Waals surface area contributed by atoms with Gasteiger partial charge in [0.2, 0.25) is 0 Å². The molecule has 12 heavy (non-hydrogen) atoms. The number of pyridine rings is 1. The van der Waals surface area contributed by atoms with E-state index in [0.29, 0.717) is 5.92 Å². The van der Waals surface area contributed by atoms with Gasteiger partial charge in [0.1, 0.15) is 0 Å². The minimum Gasteiger partial charge on any atom is -0.477 e. The lowest BCUT2D eigenvalue weighted by molar-refractivity contribution is 0.0689. The second-order valence-corrected chi connectivity index (χ2v) is 3.02. The zero-order chi connectivity index (χ0) is 8.55. The smallest absolute Gasteiger partial charge is 0.354 e. The fourth-order valence-corrected chi connectivity index (χ4v) is 1.32. The van der Waals surface area contributed by atoms with E-state index in [2.05, 4.69) is 4.98 Å². The second-order valence-electron chi connectivity index (χ2n) is 3.02. The first-order chi connectivity index (χ1) is 5.79. The van der Waals surface area contributed by atoms with Gasteiger partial charge in [0.05, 0.1) is 0 Å². The second kappa shape index (κ2) is 2.59.